The van der Waals surface area contributed by atoms with E-state index in [1.54, 1.807) is 6.07 Å². The summed E-state index contributed by atoms with van der Waals surface area (Å²) in [6, 6.07) is 7.61. The van der Waals surface area contributed by atoms with Crippen LogP contribution in [0.4, 0.5) is 18.0 Å². The smallest absolute Gasteiger partial charge is 0.325 e. The molecule has 0 aromatic heterocycles. The standard InChI is InChI=1S/C18H15F3N2O3/c1-18(12-10-11(19)6-7-13(12)20)16(24)23(17(25)22-18)8-9-26-15-5-3-2-4-14(15)21/h2-7,10H,8-9H2,1H3,(H,22,25)/t18-/m0/s1. The first-order valence-electron chi connectivity index (χ1n) is 7.80. The van der Waals surface area contributed by atoms with E-state index in [0.29, 0.717) is 0 Å². The Bertz CT molecular complexity index is 875. The zero-order valence-corrected chi connectivity index (χ0v) is 13.8. The number of imide groups is 1. The van der Waals surface area contributed by atoms with Gasteiger partial charge in [-0.2, -0.15) is 0 Å². The third kappa shape index (κ3) is 3.10. The number of amides is 3. The minimum Gasteiger partial charge on any atom is -0.489 e. The fourth-order valence-corrected chi connectivity index (χ4v) is 2.77. The Kier molecular flexibility index (Phi) is 4.58. The molecule has 1 atom stereocenters. The van der Waals surface area contributed by atoms with E-state index in [4.69, 9.17) is 4.74 Å². The molecule has 5 nitrogen and oxygen atoms in total. The minimum atomic E-state index is -1.73. The van der Waals surface area contributed by atoms with Crippen LogP contribution in [0.2, 0.25) is 0 Å². The summed E-state index contributed by atoms with van der Waals surface area (Å²) in [6.45, 7) is 0.968. The molecule has 0 saturated carbocycles. The maximum atomic E-state index is 14.1. The van der Waals surface area contributed by atoms with Crippen LogP contribution in [0.3, 0.4) is 0 Å². The van der Waals surface area contributed by atoms with Gasteiger partial charge in [-0.15, -0.1) is 0 Å². The van der Waals surface area contributed by atoms with Crippen LogP contribution in [0.5, 0.6) is 5.75 Å². The van der Waals surface area contributed by atoms with Crippen molar-refractivity contribution >= 4 is 11.9 Å². The second kappa shape index (κ2) is 6.70. The van der Waals surface area contributed by atoms with Gasteiger partial charge in [-0.05, 0) is 37.3 Å². The molecule has 2 aromatic carbocycles. The van der Waals surface area contributed by atoms with Crippen LogP contribution < -0.4 is 10.1 Å². The average Bonchev–Trinajstić information content (AvgIpc) is 2.82. The Balaban J connectivity index is 1.74. The molecule has 1 saturated heterocycles. The van der Waals surface area contributed by atoms with E-state index in [1.807, 2.05) is 0 Å². The number of nitrogens with one attached hydrogen (secondary N) is 1. The lowest BCUT2D eigenvalue weighted by Crippen LogP contribution is -2.42. The summed E-state index contributed by atoms with van der Waals surface area (Å²) in [5, 5.41) is 2.38. The van der Waals surface area contributed by atoms with Gasteiger partial charge < -0.3 is 10.1 Å². The van der Waals surface area contributed by atoms with E-state index in [1.165, 1.54) is 25.1 Å². The van der Waals surface area contributed by atoms with Gasteiger partial charge in [0.2, 0.25) is 0 Å². The largest absolute Gasteiger partial charge is 0.489 e. The van der Waals surface area contributed by atoms with E-state index in [0.717, 1.165) is 23.1 Å². The summed E-state index contributed by atoms with van der Waals surface area (Å²) < 4.78 is 46.3. The highest BCUT2D eigenvalue weighted by Crippen LogP contribution is 2.31. The van der Waals surface area contributed by atoms with Crippen molar-refractivity contribution in [3.05, 3.63) is 65.5 Å². The van der Waals surface area contributed by atoms with Crippen molar-refractivity contribution in [2.75, 3.05) is 13.2 Å². The summed E-state index contributed by atoms with van der Waals surface area (Å²) in [5.74, 6) is -2.88. The molecular weight excluding hydrogens is 349 g/mol. The van der Waals surface area contributed by atoms with Crippen molar-refractivity contribution in [2.24, 2.45) is 0 Å². The molecule has 0 spiro atoms. The topological polar surface area (TPSA) is 58.6 Å². The highest BCUT2D eigenvalue weighted by atomic mass is 19.1. The van der Waals surface area contributed by atoms with Gasteiger partial charge in [0.25, 0.3) is 5.91 Å². The van der Waals surface area contributed by atoms with Gasteiger partial charge in [0.05, 0.1) is 6.54 Å². The van der Waals surface area contributed by atoms with Crippen LogP contribution in [0, 0.1) is 17.5 Å². The fraction of sp³-hybridized carbons (Fsp3) is 0.222. The van der Waals surface area contributed by atoms with Crippen LogP contribution in [0.1, 0.15) is 12.5 Å². The Hall–Kier alpha value is -3.03. The predicted molar refractivity (Wildman–Crippen MR) is 85.8 cm³/mol. The molecule has 1 N–H and O–H groups in total. The number of para-hydroxylation sites is 1. The Morgan fingerprint density at radius 3 is 2.54 bits per heavy atom. The van der Waals surface area contributed by atoms with Gasteiger partial charge in [-0.25, -0.2) is 18.0 Å². The second-order valence-corrected chi connectivity index (χ2v) is 5.91. The van der Waals surface area contributed by atoms with E-state index in [2.05, 4.69) is 5.32 Å². The number of carbonyl (C=O) groups is 2. The van der Waals surface area contributed by atoms with Crippen LogP contribution >= 0.6 is 0 Å². The molecule has 3 rings (SSSR count). The molecule has 1 heterocycles. The Morgan fingerprint density at radius 2 is 1.81 bits per heavy atom. The van der Waals surface area contributed by atoms with Crippen molar-refractivity contribution in [1.82, 2.24) is 10.2 Å². The summed E-state index contributed by atoms with van der Waals surface area (Å²) in [7, 11) is 0. The molecule has 3 amide bonds. The normalized spacial score (nSPS) is 19.6. The zero-order valence-electron chi connectivity index (χ0n) is 13.8. The number of benzene rings is 2. The van der Waals surface area contributed by atoms with Gasteiger partial charge in [-0.1, -0.05) is 12.1 Å². The van der Waals surface area contributed by atoms with Gasteiger partial charge in [-0.3, -0.25) is 9.69 Å². The summed E-state index contributed by atoms with van der Waals surface area (Å²) >= 11 is 0. The Labute approximate surface area is 147 Å². The third-order valence-electron chi connectivity index (χ3n) is 4.15. The average molecular weight is 364 g/mol. The number of hydrogen-bond donors (Lipinski definition) is 1. The van der Waals surface area contributed by atoms with Crippen molar-refractivity contribution in [2.45, 2.75) is 12.5 Å². The van der Waals surface area contributed by atoms with Gasteiger partial charge in [0.1, 0.15) is 23.8 Å². The van der Waals surface area contributed by atoms with Gasteiger partial charge in [0, 0.05) is 5.56 Å². The lowest BCUT2D eigenvalue weighted by Gasteiger charge is -2.22. The summed E-state index contributed by atoms with van der Waals surface area (Å²) in [6.07, 6.45) is 0. The number of halogens is 3. The van der Waals surface area contributed by atoms with Crippen LogP contribution in [-0.4, -0.2) is 30.0 Å². The number of carbonyl (C=O) groups excluding carboxylic acids is 2. The monoisotopic (exact) mass is 364 g/mol. The van der Waals surface area contributed by atoms with E-state index >= 15 is 0 Å². The molecule has 0 aliphatic carbocycles. The first-order valence-corrected chi connectivity index (χ1v) is 7.80. The molecule has 26 heavy (non-hydrogen) atoms. The zero-order chi connectivity index (χ0) is 18.9. The van der Waals surface area contributed by atoms with Gasteiger partial charge >= 0.3 is 6.03 Å². The van der Waals surface area contributed by atoms with Crippen molar-refractivity contribution in [1.29, 1.82) is 0 Å². The Morgan fingerprint density at radius 1 is 1.08 bits per heavy atom. The number of urea groups is 1. The second-order valence-electron chi connectivity index (χ2n) is 5.91. The highest BCUT2D eigenvalue weighted by molar-refractivity contribution is 6.07. The predicted octanol–water partition coefficient (Wildman–Crippen LogP) is 2.95. The van der Waals surface area contributed by atoms with E-state index in [-0.39, 0.29) is 24.5 Å². The van der Waals surface area contributed by atoms with Crippen molar-refractivity contribution < 1.29 is 27.5 Å². The third-order valence-corrected chi connectivity index (χ3v) is 4.15. The molecule has 0 unspecified atom stereocenters. The van der Waals surface area contributed by atoms with Gasteiger partial charge in [0.15, 0.2) is 11.6 Å². The molecule has 0 radical (unpaired) electrons. The minimum absolute atomic E-state index is 0.0153. The molecule has 1 aliphatic rings. The quantitative estimate of drug-likeness (QED) is 0.830. The number of nitrogens with zero attached hydrogens (tertiary/aromatic N) is 1. The van der Waals surface area contributed by atoms with Crippen LogP contribution in [-0.2, 0) is 10.3 Å². The number of ether oxygens (including phenoxy) is 1. The summed E-state index contributed by atoms with van der Waals surface area (Å²) in [5.41, 5.74) is -2.00. The maximum Gasteiger partial charge on any atom is 0.325 e. The molecule has 0 bridgehead atoms. The lowest BCUT2D eigenvalue weighted by atomic mass is 9.91. The molecule has 1 aliphatic heterocycles. The molecule has 8 heteroatoms. The SMILES string of the molecule is C[C@@]1(c2cc(F)ccc2F)NC(=O)N(CCOc2ccccc2F)C1=O. The first kappa shape index (κ1) is 17.8. The van der Waals surface area contributed by atoms with E-state index in [9.17, 15) is 22.8 Å². The molecule has 1 fully saturated rings. The maximum absolute atomic E-state index is 14.1. The number of rotatable bonds is 5. The van der Waals surface area contributed by atoms with E-state index < -0.39 is 34.9 Å². The summed E-state index contributed by atoms with van der Waals surface area (Å²) in [4.78, 5) is 25.6. The van der Waals surface area contributed by atoms with Crippen molar-refractivity contribution in [3.8, 4) is 5.75 Å². The molecular formula is C18H15F3N2O3. The molecule has 2 aromatic rings. The van der Waals surface area contributed by atoms with Crippen molar-refractivity contribution in [3.63, 3.8) is 0 Å². The lowest BCUT2D eigenvalue weighted by molar-refractivity contribution is -0.131. The molecule has 136 valence electrons. The van der Waals surface area contributed by atoms with Crippen LogP contribution in [0.25, 0.3) is 0 Å². The number of hydrogen-bond acceptors (Lipinski definition) is 3. The van der Waals surface area contributed by atoms with Crippen LogP contribution in [0.15, 0.2) is 42.5 Å². The first-order chi connectivity index (χ1) is 12.3. The highest BCUT2D eigenvalue weighted by Gasteiger charge is 2.50. The fourth-order valence-electron chi connectivity index (χ4n) is 2.77.